The molecule has 0 aliphatic heterocycles. The lowest BCUT2D eigenvalue weighted by molar-refractivity contribution is -0.148. The van der Waals surface area contributed by atoms with Crippen LogP contribution in [0.15, 0.2) is 30.3 Å². The number of halogens is 1. The Labute approximate surface area is 128 Å². The van der Waals surface area contributed by atoms with E-state index in [9.17, 15) is 4.79 Å². The summed E-state index contributed by atoms with van der Waals surface area (Å²) in [6, 6.07) is 9.11. The summed E-state index contributed by atoms with van der Waals surface area (Å²) < 4.78 is 6.52. The predicted octanol–water partition coefficient (Wildman–Crippen LogP) is 2.18. The zero-order valence-electron chi connectivity index (χ0n) is 12.3. The molecule has 2 rings (SSSR count). The van der Waals surface area contributed by atoms with Crippen molar-refractivity contribution >= 4 is 17.6 Å². The van der Waals surface area contributed by atoms with E-state index < -0.39 is 11.5 Å². The van der Waals surface area contributed by atoms with Crippen molar-refractivity contribution in [1.29, 1.82) is 0 Å². The van der Waals surface area contributed by atoms with Crippen LogP contribution in [0.1, 0.15) is 17.0 Å². The number of rotatable bonds is 4. The number of carbonyl (C=O) groups is 1. The maximum absolute atomic E-state index is 12.2. The van der Waals surface area contributed by atoms with Gasteiger partial charge in [0.1, 0.15) is 0 Å². The second-order valence-electron chi connectivity index (χ2n) is 4.97. The minimum absolute atomic E-state index is 0.156. The van der Waals surface area contributed by atoms with E-state index in [4.69, 9.17) is 22.1 Å². The molecule has 0 fully saturated rings. The summed E-state index contributed by atoms with van der Waals surface area (Å²) in [6.45, 7) is 3.80. The summed E-state index contributed by atoms with van der Waals surface area (Å²) in [7, 11) is 1.32. The van der Waals surface area contributed by atoms with Gasteiger partial charge >= 0.3 is 5.97 Å². The Kier molecular flexibility index (Phi) is 4.34. The summed E-state index contributed by atoms with van der Waals surface area (Å²) in [5.41, 5.74) is 7.18. The molecule has 1 unspecified atom stereocenters. The van der Waals surface area contributed by atoms with Crippen LogP contribution in [0.2, 0.25) is 5.02 Å². The molecule has 0 aliphatic carbocycles. The highest BCUT2D eigenvalue weighted by Crippen LogP contribution is 2.25. The summed E-state index contributed by atoms with van der Waals surface area (Å²) in [4.78, 5) is 12.2. The van der Waals surface area contributed by atoms with Crippen LogP contribution in [-0.2, 0) is 21.6 Å². The van der Waals surface area contributed by atoms with Gasteiger partial charge < -0.3 is 10.5 Å². The number of aromatic nitrogens is 2. The molecule has 0 radical (unpaired) electrons. The first-order chi connectivity index (χ1) is 9.90. The van der Waals surface area contributed by atoms with Crippen LogP contribution in [0.25, 0.3) is 0 Å². The summed E-state index contributed by atoms with van der Waals surface area (Å²) in [5.74, 6) is -0.516. The molecular formula is C15H18ClN3O2. The van der Waals surface area contributed by atoms with Gasteiger partial charge in [0.2, 0.25) is 0 Å². The maximum atomic E-state index is 12.2. The third kappa shape index (κ3) is 2.80. The van der Waals surface area contributed by atoms with Gasteiger partial charge in [-0.2, -0.15) is 5.10 Å². The van der Waals surface area contributed by atoms with Crippen molar-refractivity contribution in [3.63, 3.8) is 0 Å². The smallest absolute Gasteiger partial charge is 0.332 e. The molecule has 5 nitrogen and oxygen atoms in total. The Morgan fingerprint density at radius 1 is 1.38 bits per heavy atom. The fourth-order valence-electron chi connectivity index (χ4n) is 2.26. The molecule has 0 bridgehead atoms. The number of hydrogen-bond acceptors (Lipinski definition) is 4. The number of carbonyl (C=O) groups excluding carboxylic acids is 1. The number of methoxy groups -OCH3 is 1. The molecule has 6 heteroatoms. The van der Waals surface area contributed by atoms with Crippen LogP contribution >= 0.6 is 11.6 Å². The van der Waals surface area contributed by atoms with Crippen molar-refractivity contribution in [3.05, 3.63) is 52.3 Å². The lowest BCUT2D eigenvalue weighted by Gasteiger charge is -2.27. The monoisotopic (exact) mass is 307 g/mol. The summed E-state index contributed by atoms with van der Waals surface area (Å²) in [5, 5.41) is 4.91. The zero-order chi connectivity index (χ0) is 15.6. The highest BCUT2D eigenvalue weighted by molar-refractivity contribution is 6.31. The van der Waals surface area contributed by atoms with E-state index in [-0.39, 0.29) is 6.54 Å². The SMILES string of the molecule is COC(=O)C(N)(Cn1nc(C)c(Cl)c1C)c1ccccc1. The molecule has 0 saturated carbocycles. The van der Waals surface area contributed by atoms with E-state index in [0.29, 0.717) is 16.3 Å². The van der Waals surface area contributed by atoms with Gasteiger partial charge in [-0.3, -0.25) is 4.68 Å². The molecule has 1 atom stereocenters. The van der Waals surface area contributed by atoms with Gasteiger partial charge in [-0.25, -0.2) is 4.79 Å². The number of benzene rings is 1. The summed E-state index contributed by atoms with van der Waals surface area (Å²) in [6.07, 6.45) is 0. The minimum Gasteiger partial charge on any atom is -0.467 e. The Morgan fingerprint density at radius 3 is 2.48 bits per heavy atom. The molecule has 0 spiro atoms. The Morgan fingerprint density at radius 2 is 2.00 bits per heavy atom. The average Bonchev–Trinajstić information content (AvgIpc) is 2.74. The lowest BCUT2D eigenvalue weighted by atomic mass is 9.91. The largest absolute Gasteiger partial charge is 0.467 e. The number of hydrogen-bond donors (Lipinski definition) is 1. The third-order valence-electron chi connectivity index (χ3n) is 3.53. The van der Waals surface area contributed by atoms with Crippen LogP contribution in [-0.4, -0.2) is 22.9 Å². The Hall–Kier alpha value is -1.85. The number of nitrogens with zero attached hydrogens (tertiary/aromatic N) is 2. The highest BCUT2D eigenvalue weighted by Gasteiger charge is 2.38. The lowest BCUT2D eigenvalue weighted by Crippen LogP contribution is -2.49. The first-order valence-electron chi connectivity index (χ1n) is 6.52. The van der Waals surface area contributed by atoms with Gasteiger partial charge in [0.15, 0.2) is 5.54 Å². The molecule has 21 heavy (non-hydrogen) atoms. The van der Waals surface area contributed by atoms with E-state index >= 15 is 0 Å². The predicted molar refractivity (Wildman–Crippen MR) is 81.0 cm³/mol. The van der Waals surface area contributed by atoms with E-state index in [1.807, 2.05) is 32.0 Å². The van der Waals surface area contributed by atoms with E-state index in [1.165, 1.54) is 7.11 Å². The van der Waals surface area contributed by atoms with E-state index in [1.54, 1.807) is 16.8 Å². The summed E-state index contributed by atoms with van der Waals surface area (Å²) >= 11 is 6.15. The molecule has 0 amide bonds. The fourth-order valence-corrected chi connectivity index (χ4v) is 2.39. The standard InChI is InChI=1S/C15H18ClN3O2/c1-10-13(16)11(2)19(18-10)9-15(17,14(20)21-3)12-7-5-4-6-8-12/h4-8H,9,17H2,1-3H3. The number of esters is 1. The van der Waals surface area contributed by atoms with Gasteiger partial charge in [0.25, 0.3) is 0 Å². The van der Waals surface area contributed by atoms with Gasteiger partial charge in [-0.15, -0.1) is 0 Å². The molecule has 2 N–H and O–H groups in total. The van der Waals surface area contributed by atoms with Gasteiger partial charge in [-0.1, -0.05) is 41.9 Å². The van der Waals surface area contributed by atoms with Crippen LogP contribution in [0.4, 0.5) is 0 Å². The van der Waals surface area contributed by atoms with E-state index in [2.05, 4.69) is 5.10 Å². The zero-order valence-corrected chi connectivity index (χ0v) is 13.0. The third-order valence-corrected chi connectivity index (χ3v) is 4.08. The Balaban J connectivity index is 2.47. The number of nitrogens with two attached hydrogens (primary N) is 1. The van der Waals surface area contributed by atoms with E-state index in [0.717, 1.165) is 5.69 Å². The van der Waals surface area contributed by atoms with Gasteiger partial charge in [0.05, 0.1) is 30.1 Å². The van der Waals surface area contributed by atoms with Crippen molar-refractivity contribution < 1.29 is 9.53 Å². The molecule has 1 aromatic heterocycles. The first kappa shape index (κ1) is 15.5. The van der Waals surface area contributed by atoms with Crippen LogP contribution in [0.5, 0.6) is 0 Å². The quantitative estimate of drug-likeness (QED) is 0.879. The van der Waals surface area contributed by atoms with Crippen LogP contribution in [0, 0.1) is 13.8 Å². The normalized spacial score (nSPS) is 13.8. The highest BCUT2D eigenvalue weighted by atomic mass is 35.5. The van der Waals surface area contributed by atoms with Crippen LogP contribution < -0.4 is 5.73 Å². The molecular weight excluding hydrogens is 290 g/mol. The molecule has 1 heterocycles. The first-order valence-corrected chi connectivity index (χ1v) is 6.90. The molecule has 1 aromatic carbocycles. The topological polar surface area (TPSA) is 70.1 Å². The second-order valence-corrected chi connectivity index (χ2v) is 5.35. The molecule has 0 saturated heterocycles. The van der Waals surface area contributed by atoms with Crippen molar-refractivity contribution in [1.82, 2.24) is 9.78 Å². The maximum Gasteiger partial charge on any atom is 0.332 e. The van der Waals surface area contributed by atoms with Gasteiger partial charge in [-0.05, 0) is 19.4 Å². The van der Waals surface area contributed by atoms with Crippen molar-refractivity contribution in [2.75, 3.05) is 7.11 Å². The van der Waals surface area contributed by atoms with Crippen LogP contribution in [0.3, 0.4) is 0 Å². The average molecular weight is 308 g/mol. The number of aryl methyl sites for hydroxylation is 1. The molecule has 112 valence electrons. The van der Waals surface area contributed by atoms with Crippen molar-refractivity contribution in [3.8, 4) is 0 Å². The fraction of sp³-hybridized carbons (Fsp3) is 0.333. The van der Waals surface area contributed by atoms with Crippen molar-refractivity contribution in [2.24, 2.45) is 5.73 Å². The Bertz CT molecular complexity index is 654. The number of ether oxygens (including phenoxy) is 1. The molecule has 2 aromatic rings. The van der Waals surface area contributed by atoms with Crippen molar-refractivity contribution in [2.45, 2.75) is 25.9 Å². The minimum atomic E-state index is -1.32. The molecule has 0 aliphatic rings. The second kappa shape index (κ2) is 5.87. The van der Waals surface area contributed by atoms with Gasteiger partial charge in [0, 0.05) is 0 Å².